The molecule has 0 unspecified atom stereocenters. The molecule has 0 atom stereocenters. The average molecular weight is 325 g/mol. The van der Waals surface area contributed by atoms with Gasteiger partial charge in [0.25, 0.3) is 0 Å². The molecule has 3 rings (SSSR count). The lowest BCUT2D eigenvalue weighted by molar-refractivity contribution is -0.114. The SMILES string of the molecule is COc1ccc(CN2CC(=NO)c3cc(NC(C)=O)ccc32)cc1. The second-order valence-corrected chi connectivity index (χ2v) is 5.66. The van der Waals surface area contributed by atoms with Crippen LogP contribution in [0.2, 0.25) is 0 Å². The summed E-state index contributed by atoms with van der Waals surface area (Å²) in [6, 6.07) is 13.5. The van der Waals surface area contributed by atoms with E-state index in [4.69, 9.17) is 4.74 Å². The summed E-state index contributed by atoms with van der Waals surface area (Å²) < 4.78 is 5.17. The highest BCUT2D eigenvalue weighted by Crippen LogP contribution is 2.32. The standard InChI is InChI=1S/C18H19N3O3/c1-12(22)19-14-5-8-18-16(9-14)17(20-23)11-21(18)10-13-3-6-15(24-2)7-4-13/h3-9,23H,10-11H2,1-2H3,(H,19,22). The third-order valence-electron chi connectivity index (χ3n) is 3.96. The number of rotatable bonds is 4. The van der Waals surface area contributed by atoms with Crippen molar-refractivity contribution in [1.29, 1.82) is 0 Å². The van der Waals surface area contributed by atoms with Crippen LogP contribution in [0.4, 0.5) is 11.4 Å². The number of anilines is 2. The summed E-state index contributed by atoms with van der Waals surface area (Å²) >= 11 is 0. The first-order valence-electron chi connectivity index (χ1n) is 7.61. The summed E-state index contributed by atoms with van der Waals surface area (Å²) in [7, 11) is 1.64. The molecule has 0 aliphatic carbocycles. The second kappa shape index (κ2) is 6.62. The van der Waals surface area contributed by atoms with Crippen LogP contribution in [-0.2, 0) is 11.3 Å². The largest absolute Gasteiger partial charge is 0.497 e. The number of ether oxygens (including phenoxy) is 1. The first-order chi connectivity index (χ1) is 11.6. The Labute approximate surface area is 140 Å². The molecule has 0 saturated carbocycles. The van der Waals surface area contributed by atoms with Gasteiger partial charge in [-0.15, -0.1) is 0 Å². The Balaban J connectivity index is 1.86. The van der Waals surface area contributed by atoms with Gasteiger partial charge in [0.05, 0.1) is 13.7 Å². The molecule has 2 N–H and O–H groups in total. The van der Waals surface area contributed by atoms with Crippen LogP contribution in [0.15, 0.2) is 47.6 Å². The van der Waals surface area contributed by atoms with Crippen LogP contribution in [0.1, 0.15) is 18.1 Å². The zero-order valence-corrected chi connectivity index (χ0v) is 13.6. The monoisotopic (exact) mass is 325 g/mol. The summed E-state index contributed by atoms with van der Waals surface area (Å²) in [4.78, 5) is 13.3. The second-order valence-electron chi connectivity index (χ2n) is 5.66. The number of methoxy groups -OCH3 is 1. The normalized spacial score (nSPS) is 14.6. The summed E-state index contributed by atoms with van der Waals surface area (Å²) in [5.41, 5.74) is 4.22. The van der Waals surface area contributed by atoms with Crippen LogP contribution in [0.25, 0.3) is 0 Å². The highest BCUT2D eigenvalue weighted by molar-refractivity contribution is 6.12. The molecule has 2 aromatic rings. The molecule has 0 saturated heterocycles. The van der Waals surface area contributed by atoms with Crippen LogP contribution in [0, 0.1) is 0 Å². The van der Waals surface area contributed by atoms with Gasteiger partial charge in [0.1, 0.15) is 11.5 Å². The van der Waals surface area contributed by atoms with Gasteiger partial charge in [-0.3, -0.25) is 4.79 Å². The number of amides is 1. The number of nitrogens with zero attached hydrogens (tertiary/aromatic N) is 2. The van der Waals surface area contributed by atoms with Gasteiger partial charge in [0.2, 0.25) is 5.91 Å². The lowest BCUT2D eigenvalue weighted by Gasteiger charge is -2.19. The Morgan fingerprint density at radius 3 is 2.67 bits per heavy atom. The Morgan fingerprint density at radius 2 is 2.04 bits per heavy atom. The number of benzene rings is 2. The van der Waals surface area contributed by atoms with Crippen molar-refractivity contribution in [3.8, 4) is 5.75 Å². The zero-order valence-electron chi connectivity index (χ0n) is 13.6. The topological polar surface area (TPSA) is 74.2 Å². The predicted octanol–water partition coefficient (Wildman–Crippen LogP) is 2.85. The van der Waals surface area contributed by atoms with Gasteiger partial charge in [-0.1, -0.05) is 17.3 Å². The maximum absolute atomic E-state index is 11.2. The fraction of sp³-hybridized carbons (Fsp3) is 0.222. The van der Waals surface area contributed by atoms with E-state index in [0.29, 0.717) is 24.5 Å². The van der Waals surface area contributed by atoms with E-state index in [-0.39, 0.29) is 5.91 Å². The van der Waals surface area contributed by atoms with Gasteiger partial charge in [-0.25, -0.2) is 0 Å². The van der Waals surface area contributed by atoms with Crippen molar-refractivity contribution >= 4 is 23.0 Å². The molecule has 0 spiro atoms. The molecule has 1 heterocycles. The highest BCUT2D eigenvalue weighted by atomic mass is 16.5. The minimum absolute atomic E-state index is 0.134. The number of carbonyl (C=O) groups is 1. The third-order valence-corrected chi connectivity index (χ3v) is 3.96. The number of hydrogen-bond acceptors (Lipinski definition) is 5. The average Bonchev–Trinajstić information content (AvgIpc) is 2.92. The van der Waals surface area contributed by atoms with Crippen molar-refractivity contribution in [1.82, 2.24) is 0 Å². The maximum Gasteiger partial charge on any atom is 0.221 e. The lowest BCUT2D eigenvalue weighted by atomic mass is 10.1. The number of carbonyl (C=O) groups excluding carboxylic acids is 1. The molecule has 1 amide bonds. The molecular weight excluding hydrogens is 306 g/mol. The van der Waals surface area contributed by atoms with Crippen molar-refractivity contribution in [2.75, 3.05) is 23.9 Å². The summed E-state index contributed by atoms with van der Waals surface area (Å²) in [5, 5.41) is 15.5. The fourth-order valence-electron chi connectivity index (χ4n) is 2.85. The molecule has 1 aliphatic heterocycles. The highest BCUT2D eigenvalue weighted by Gasteiger charge is 2.26. The van der Waals surface area contributed by atoms with E-state index in [2.05, 4.69) is 15.4 Å². The number of fused-ring (bicyclic) bond motifs is 1. The quantitative estimate of drug-likeness (QED) is 0.669. The van der Waals surface area contributed by atoms with E-state index in [1.807, 2.05) is 42.5 Å². The Kier molecular flexibility index (Phi) is 4.37. The van der Waals surface area contributed by atoms with Crippen LogP contribution in [-0.4, -0.2) is 30.5 Å². The molecule has 124 valence electrons. The first kappa shape index (κ1) is 15.9. The van der Waals surface area contributed by atoms with E-state index >= 15 is 0 Å². The number of oxime groups is 1. The predicted molar refractivity (Wildman–Crippen MR) is 93.1 cm³/mol. The zero-order chi connectivity index (χ0) is 17.1. The molecule has 0 radical (unpaired) electrons. The third kappa shape index (κ3) is 3.17. The van der Waals surface area contributed by atoms with Crippen molar-refractivity contribution in [2.24, 2.45) is 5.16 Å². The van der Waals surface area contributed by atoms with E-state index in [0.717, 1.165) is 22.6 Å². The van der Waals surface area contributed by atoms with E-state index in [1.165, 1.54) is 6.92 Å². The van der Waals surface area contributed by atoms with E-state index in [9.17, 15) is 10.0 Å². The van der Waals surface area contributed by atoms with E-state index in [1.54, 1.807) is 7.11 Å². The van der Waals surface area contributed by atoms with Gasteiger partial charge in [0.15, 0.2) is 0 Å². The Hall–Kier alpha value is -3.02. The lowest BCUT2D eigenvalue weighted by Crippen LogP contribution is -2.22. The summed E-state index contributed by atoms with van der Waals surface area (Å²) in [5.74, 6) is 0.684. The van der Waals surface area contributed by atoms with Crippen molar-refractivity contribution in [3.63, 3.8) is 0 Å². The number of hydrogen-bond donors (Lipinski definition) is 2. The molecule has 24 heavy (non-hydrogen) atoms. The Bertz CT molecular complexity index is 785. The fourth-order valence-corrected chi connectivity index (χ4v) is 2.85. The molecule has 6 nitrogen and oxygen atoms in total. The molecule has 0 fully saturated rings. The van der Waals surface area contributed by atoms with Crippen molar-refractivity contribution in [2.45, 2.75) is 13.5 Å². The van der Waals surface area contributed by atoms with Crippen LogP contribution >= 0.6 is 0 Å². The smallest absolute Gasteiger partial charge is 0.221 e. The minimum atomic E-state index is -0.134. The summed E-state index contributed by atoms with van der Waals surface area (Å²) in [6.07, 6.45) is 0. The molecule has 0 aromatic heterocycles. The molecule has 0 bridgehead atoms. The minimum Gasteiger partial charge on any atom is -0.497 e. The molecular formula is C18H19N3O3. The van der Waals surface area contributed by atoms with Crippen LogP contribution in [0.3, 0.4) is 0 Å². The van der Waals surface area contributed by atoms with Crippen molar-refractivity contribution < 1.29 is 14.7 Å². The molecule has 1 aliphatic rings. The van der Waals surface area contributed by atoms with Gasteiger partial charge in [-0.2, -0.15) is 0 Å². The maximum atomic E-state index is 11.2. The van der Waals surface area contributed by atoms with Crippen LogP contribution in [0.5, 0.6) is 5.75 Å². The van der Waals surface area contributed by atoms with Gasteiger partial charge >= 0.3 is 0 Å². The van der Waals surface area contributed by atoms with Crippen LogP contribution < -0.4 is 15.0 Å². The number of nitrogens with one attached hydrogen (secondary N) is 1. The first-order valence-corrected chi connectivity index (χ1v) is 7.61. The van der Waals surface area contributed by atoms with E-state index < -0.39 is 0 Å². The summed E-state index contributed by atoms with van der Waals surface area (Å²) in [6.45, 7) is 2.67. The Morgan fingerprint density at radius 1 is 1.29 bits per heavy atom. The van der Waals surface area contributed by atoms with Crippen molar-refractivity contribution in [3.05, 3.63) is 53.6 Å². The van der Waals surface area contributed by atoms with Gasteiger partial charge in [0, 0.05) is 30.4 Å². The van der Waals surface area contributed by atoms with Gasteiger partial charge in [-0.05, 0) is 35.9 Å². The van der Waals surface area contributed by atoms with Gasteiger partial charge < -0.3 is 20.2 Å². The molecule has 2 aromatic carbocycles. The molecule has 6 heteroatoms.